The van der Waals surface area contributed by atoms with E-state index in [1.165, 1.54) is 19.4 Å². The second-order valence-corrected chi connectivity index (χ2v) is 3.01. The van der Waals surface area contributed by atoms with Crippen LogP contribution in [0.3, 0.4) is 0 Å². The van der Waals surface area contributed by atoms with Crippen molar-refractivity contribution in [1.29, 1.82) is 0 Å². The van der Waals surface area contributed by atoms with Crippen molar-refractivity contribution in [2.24, 2.45) is 0 Å². The number of ether oxygens (including phenoxy) is 1. The summed E-state index contributed by atoms with van der Waals surface area (Å²) in [5, 5.41) is 13.6. The summed E-state index contributed by atoms with van der Waals surface area (Å²) < 4.78 is 4.80. The van der Waals surface area contributed by atoms with Crippen molar-refractivity contribution in [2.75, 3.05) is 20.7 Å². The Morgan fingerprint density at radius 1 is 1.69 bits per heavy atom. The van der Waals surface area contributed by atoms with E-state index in [0.717, 1.165) is 0 Å². The molecule has 0 atom stereocenters. The highest BCUT2D eigenvalue weighted by atomic mass is 16.6. The molecule has 1 N–H and O–H groups in total. The van der Waals surface area contributed by atoms with E-state index in [0.29, 0.717) is 12.1 Å². The van der Waals surface area contributed by atoms with Gasteiger partial charge in [-0.2, -0.15) is 0 Å². The highest BCUT2D eigenvalue weighted by molar-refractivity contribution is 5.55. The third kappa shape index (κ3) is 3.03. The molecule has 0 radical (unpaired) electrons. The van der Waals surface area contributed by atoms with E-state index in [1.807, 2.05) is 13.1 Å². The number of rotatable bonds is 5. The Kier molecular flexibility index (Phi) is 4.41. The van der Waals surface area contributed by atoms with E-state index in [1.54, 1.807) is 6.08 Å². The number of likely N-dealkylation sites (N-methyl/N-ethyl adjacent to an activating group) is 1. The molecule has 86 valence electrons. The molecule has 0 saturated heterocycles. The number of hydrogen-bond donors (Lipinski definition) is 1. The average molecular weight is 223 g/mol. The number of nitrogens with one attached hydrogen (secondary N) is 1. The highest BCUT2D eigenvalue weighted by Gasteiger charge is 2.15. The van der Waals surface area contributed by atoms with Crippen LogP contribution in [-0.4, -0.2) is 30.6 Å². The first kappa shape index (κ1) is 12.1. The molecule has 0 aliphatic heterocycles. The predicted molar refractivity (Wildman–Crippen MR) is 60.4 cm³/mol. The summed E-state index contributed by atoms with van der Waals surface area (Å²) in [4.78, 5) is 14.1. The van der Waals surface area contributed by atoms with Gasteiger partial charge in [0.05, 0.1) is 12.0 Å². The van der Waals surface area contributed by atoms with Crippen molar-refractivity contribution >= 4 is 11.8 Å². The van der Waals surface area contributed by atoms with Gasteiger partial charge < -0.3 is 10.1 Å². The van der Waals surface area contributed by atoms with Crippen LogP contribution in [0.2, 0.25) is 0 Å². The molecule has 0 aromatic carbocycles. The van der Waals surface area contributed by atoms with Crippen LogP contribution in [0.1, 0.15) is 5.56 Å². The molecule has 0 unspecified atom stereocenters. The molecular weight excluding hydrogens is 210 g/mol. The van der Waals surface area contributed by atoms with Crippen LogP contribution in [0, 0.1) is 10.1 Å². The minimum atomic E-state index is -0.513. The highest BCUT2D eigenvalue weighted by Crippen LogP contribution is 2.24. The molecule has 0 bridgehead atoms. The van der Waals surface area contributed by atoms with Crippen LogP contribution in [0.4, 0.5) is 5.69 Å². The second-order valence-electron chi connectivity index (χ2n) is 3.01. The molecule has 16 heavy (non-hydrogen) atoms. The maximum Gasteiger partial charge on any atom is 0.331 e. The lowest BCUT2D eigenvalue weighted by Crippen LogP contribution is -2.03. The number of pyridine rings is 1. The van der Waals surface area contributed by atoms with Gasteiger partial charge in [0.25, 0.3) is 5.88 Å². The Morgan fingerprint density at radius 2 is 2.44 bits per heavy atom. The number of nitrogens with zero attached hydrogens (tertiary/aromatic N) is 2. The largest absolute Gasteiger partial charge is 0.476 e. The Bertz CT molecular complexity index is 404. The van der Waals surface area contributed by atoms with Gasteiger partial charge in [0.15, 0.2) is 0 Å². The van der Waals surface area contributed by atoms with Gasteiger partial charge in [-0.1, -0.05) is 12.2 Å². The fourth-order valence-electron chi connectivity index (χ4n) is 1.15. The van der Waals surface area contributed by atoms with Gasteiger partial charge in [0.1, 0.15) is 0 Å². The number of aromatic nitrogens is 1. The maximum absolute atomic E-state index is 10.7. The summed E-state index contributed by atoms with van der Waals surface area (Å²) >= 11 is 0. The van der Waals surface area contributed by atoms with Gasteiger partial charge in [0, 0.05) is 18.8 Å². The molecule has 1 rings (SSSR count). The zero-order valence-corrected chi connectivity index (χ0v) is 9.14. The smallest absolute Gasteiger partial charge is 0.331 e. The Balaban J connectivity index is 2.98. The third-order valence-corrected chi connectivity index (χ3v) is 1.88. The number of hydrogen-bond acceptors (Lipinski definition) is 5. The molecule has 1 heterocycles. The summed E-state index contributed by atoms with van der Waals surface area (Å²) in [6.45, 7) is 0.694. The van der Waals surface area contributed by atoms with Gasteiger partial charge in [-0.05, 0) is 12.6 Å². The molecule has 6 nitrogen and oxygen atoms in total. The lowest BCUT2D eigenvalue weighted by atomic mass is 10.2. The first-order chi connectivity index (χ1) is 7.69. The van der Waals surface area contributed by atoms with Crippen molar-refractivity contribution in [3.63, 3.8) is 0 Å². The molecule has 0 spiro atoms. The lowest BCUT2D eigenvalue weighted by molar-refractivity contribution is -0.386. The minimum Gasteiger partial charge on any atom is -0.476 e. The van der Waals surface area contributed by atoms with E-state index in [4.69, 9.17) is 4.74 Å². The lowest BCUT2D eigenvalue weighted by Gasteiger charge is -2.00. The van der Waals surface area contributed by atoms with Crippen molar-refractivity contribution in [2.45, 2.75) is 0 Å². The predicted octanol–water partition coefficient (Wildman–Crippen LogP) is 1.23. The van der Waals surface area contributed by atoms with Gasteiger partial charge in [-0.3, -0.25) is 10.1 Å². The molecule has 6 heteroatoms. The van der Waals surface area contributed by atoms with Crippen LogP contribution in [0.5, 0.6) is 5.88 Å². The van der Waals surface area contributed by atoms with E-state index in [2.05, 4.69) is 10.3 Å². The summed E-state index contributed by atoms with van der Waals surface area (Å²) in [6, 6.07) is 1.43. The summed E-state index contributed by atoms with van der Waals surface area (Å²) in [5.41, 5.74) is 0.539. The fourth-order valence-corrected chi connectivity index (χ4v) is 1.15. The minimum absolute atomic E-state index is 0.0239. The van der Waals surface area contributed by atoms with Crippen LogP contribution < -0.4 is 10.1 Å². The SMILES string of the molecule is CNCC=Cc1cnc(OC)c([N+](=O)[O-])c1. The molecule has 1 aromatic rings. The van der Waals surface area contributed by atoms with Crippen molar-refractivity contribution in [3.05, 3.63) is 34.0 Å². The first-order valence-corrected chi connectivity index (χ1v) is 4.68. The number of methoxy groups -OCH3 is 1. The first-order valence-electron chi connectivity index (χ1n) is 4.68. The molecule has 0 fully saturated rings. The van der Waals surface area contributed by atoms with Crippen LogP contribution >= 0.6 is 0 Å². The average Bonchev–Trinajstić information content (AvgIpc) is 2.29. The monoisotopic (exact) mass is 223 g/mol. The molecular formula is C10H13N3O3. The van der Waals surface area contributed by atoms with Gasteiger partial charge in [0.2, 0.25) is 0 Å². The Hall–Kier alpha value is -1.95. The third-order valence-electron chi connectivity index (χ3n) is 1.88. The molecule has 1 aromatic heterocycles. The second kappa shape index (κ2) is 5.82. The van der Waals surface area contributed by atoms with Crippen LogP contribution in [-0.2, 0) is 0 Å². The van der Waals surface area contributed by atoms with Crippen LogP contribution in [0.15, 0.2) is 18.3 Å². The van der Waals surface area contributed by atoms with Gasteiger partial charge in [-0.15, -0.1) is 0 Å². The maximum atomic E-state index is 10.7. The van der Waals surface area contributed by atoms with E-state index < -0.39 is 4.92 Å². The van der Waals surface area contributed by atoms with E-state index >= 15 is 0 Å². The van der Waals surface area contributed by atoms with Crippen LogP contribution in [0.25, 0.3) is 6.08 Å². The number of nitro groups is 1. The Labute approximate surface area is 93.1 Å². The molecule has 0 aliphatic carbocycles. The summed E-state index contributed by atoms with van der Waals surface area (Å²) in [7, 11) is 3.17. The fraction of sp³-hybridized carbons (Fsp3) is 0.300. The molecule has 0 saturated carbocycles. The van der Waals surface area contributed by atoms with Gasteiger partial charge in [-0.25, -0.2) is 4.98 Å². The zero-order valence-electron chi connectivity index (χ0n) is 9.14. The summed E-state index contributed by atoms with van der Waals surface area (Å²) in [5.74, 6) is 0.0239. The van der Waals surface area contributed by atoms with Crippen molar-refractivity contribution < 1.29 is 9.66 Å². The Morgan fingerprint density at radius 3 is 3.00 bits per heavy atom. The standard InChI is InChI=1S/C10H13N3O3/c1-11-5-3-4-8-6-9(13(14)15)10(16-2)12-7-8/h3-4,6-7,11H,5H2,1-2H3. The van der Waals surface area contributed by atoms with Gasteiger partial charge >= 0.3 is 5.69 Å². The molecule has 0 amide bonds. The topological polar surface area (TPSA) is 77.3 Å². The zero-order chi connectivity index (χ0) is 12.0. The van der Waals surface area contributed by atoms with E-state index in [9.17, 15) is 10.1 Å². The normalized spacial score (nSPS) is 10.6. The van der Waals surface area contributed by atoms with Crippen molar-refractivity contribution in [1.82, 2.24) is 10.3 Å². The quantitative estimate of drug-likeness (QED) is 0.600. The van der Waals surface area contributed by atoms with Crippen molar-refractivity contribution in [3.8, 4) is 5.88 Å². The molecule has 0 aliphatic rings. The van der Waals surface area contributed by atoms with E-state index in [-0.39, 0.29) is 11.6 Å². The summed E-state index contributed by atoms with van der Waals surface area (Å²) in [6.07, 6.45) is 5.14.